The average Bonchev–Trinajstić information content (AvgIpc) is 2.96. The Hall–Kier alpha value is -1.60. The molecule has 1 aromatic rings. The number of piperazine rings is 1. The molecule has 27 heavy (non-hydrogen) atoms. The number of rotatable bonds is 4. The maximum Gasteiger partial charge on any atom is 0.322 e. The summed E-state index contributed by atoms with van der Waals surface area (Å²) in [4.78, 5) is 20.0. The van der Waals surface area contributed by atoms with Crippen LogP contribution in [0.15, 0.2) is 0 Å². The molecule has 0 radical (unpaired) electrons. The van der Waals surface area contributed by atoms with Gasteiger partial charge < -0.3 is 15.1 Å². The summed E-state index contributed by atoms with van der Waals surface area (Å²) < 4.78 is 2.00. The molecule has 0 unspecified atom stereocenters. The van der Waals surface area contributed by atoms with Crippen LogP contribution in [-0.2, 0) is 6.54 Å². The van der Waals surface area contributed by atoms with Gasteiger partial charge in [0.25, 0.3) is 0 Å². The normalized spacial score (nSPS) is 28.6. The number of carbonyl (C=O) groups is 1. The van der Waals surface area contributed by atoms with Gasteiger partial charge in [-0.1, -0.05) is 6.92 Å². The first-order valence-corrected chi connectivity index (χ1v) is 10.6. The summed E-state index contributed by atoms with van der Waals surface area (Å²) in [5.74, 6) is 0.866. The maximum absolute atomic E-state index is 12.8. The molecular weight excluding hydrogens is 340 g/mol. The molecule has 2 bridgehead atoms. The smallest absolute Gasteiger partial charge is 0.322 e. The Labute approximate surface area is 162 Å². The van der Waals surface area contributed by atoms with Gasteiger partial charge in [-0.25, -0.2) is 4.79 Å². The molecule has 0 saturated carbocycles. The number of nitrogens with zero attached hydrogens (tertiary/aromatic N) is 5. The topological polar surface area (TPSA) is 56.6 Å². The van der Waals surface area contributed by atoms with Gasteiger partial charge in [0, 0.05) is 45.3 Å². The van der Waals surface area contributed by atoms with Crippen LogP contribution in [0.1, 0.15) is 37.6 Å². The van der Waals surface area contributed by atoms with Crippen LogP contribution < -0.4 is 5.32 Å². The minimum Gasteiger partial charge on any atom is -0.322 e. The number of aryl methyl sites for hydroxylation is 2. The maximum atomic E-state index is 12.8. The number of hydrogen-bond acceptors (Lipinski definition) is 4. The van der Waals surface area contributed by atoms with Gasteiger partial charge in [0.1, 0.15) is 0 Å². The third-order valence-electron chi connectivity index (χ3n) is 6.74. The Bertz CT molecular complexity index is 670. The predicted octanol–water partition coefficient (Wildman–Crippen LogP) is 2.15. The molecule has 1 N–H and O–H groups in total. The van der Waals surface area contributed by atoms with E-state index in [-0.39, 0.29) is 6.03 Å². The highest BCUT2D eigenvalue weighted by atomic mass is 16.2. The summed E-state index contributed by atoms with van der Waals surface area (Å²) in [7, 11) is 0. The Kier molecular flexibility index (Phi) is 5.41. The van der Waals surface area contributed by atoms with Crippen molar-refractivity contribution in [2.24, 2.45) is 5.92 Å². The SMILES string of the molecule is CCCn1nc(C)c(NC(=O)N2CCN([C@H]3CN4CCC3CC4)CC2)c1C. The highest BCUT2D eigenvalue weighted by Gasteiger charge is 2.38. The number of anilines is 1. The lowest BCUT2D eigenvalue weighted by atomic mass is 9.83. The van der Waals surface area contributed by atoms with E-state index in [0.29, 0.717) is 6.04 Å². The Morgan fingerprint density at radius 3 is 2.41 bits per heavy atom. The van der Waals surface area contributed by atoms with Gasteiger partial charge in [0.2, 0.25) is 0 Å². The molecule has 0 aromatic carbocycles. The quantitative estimate of drug-likeness (QED) is 0.877. The summed E-state index contributed by atoms with van der Waals surface area (Å²) >= 11 is 0. The van der Waals surface area contributed by atoms with Crippen molar-refractivity contribution in [2.45, 2.75) is 52.6 Å². The van der Waals surface area contributed by atoms with E-state index >= 15 is 0 Å². The van der Waals surface area contributed by atoms with Crippen LogP contribution in [0.2, 0.25) is 0 Å². The van der Waals surface area contributed by atoms with Gasteiger partial charge in [0.05, 0.1) is 17.1 Å². The van der Waals surface area contributed by atoms with E-state index in [2.05, 4.69) is 27.1 Å². The van der Waals surface area contributed by atoms with E-state index < -0.39 is 0 Å². The molecule has 4 fully saturated rings. The fourth-order valence-corrected chi connectivity index (χ4v) is 5.10. The third-order valence-corrected chi connectivity index (χ3v) is 6.74. The molecule has 0 spiro atoms. The minimum atomic E-state index is 0.0193. The molecule has 2 amide bonds. The zero-order chi connectivity index (χ0) is 19.0. The first-order chi connectivity index (χ1) is 13.1. The van der Waals surface area contributed by atoms with Gasteiger partial charge in [-0.15, -0.1) is 0 Å². The van der Waals surface area contributed by atoms with Crippen LogP contribution in [0.3, 0.4) is 0 Å². The van der Waals surface area contributed by atoms with Gasteiger partial charge >= 0.3 is 6.03 Å². The monoisotopic (exact) mass is 374 g/mol. The van der Waals surface area contributed by atoms with Crippen molar-refractivity contribution in [3.8, 4) is 0 Å². The number of piperidine rings is 3. The molecule has 7 heteroatoms. The summed E-state index contributed by atoms with van der Waals surface area (Å²) in [5, 5.41) is 7.69. The lowest BCUT2D eigenvalue weighted by Crippen LogP contribution is -2.61. The first kappa shape index (κ1) is 18.7. The van der Waals surface area contributed by atoms with Crippen molar-refractivity contribution in [2.75, 3.05) is 51.1 Å². The zero-order valence-corrected chi connectivity index (χ0v) is 17.1. The van der Waals surface area contributed by atoms with Crippen molar-refractivity contribution >= 4 is 11.7 Å². The van der Waals surface area contributed by atoms with Crippen LogP contribution in [0.4, 0.5) is 10.5 Å². The second-order valence-electron chi connectivity index (χ2n) is 8.43. The summed E-state index contributed by atoms with van der Waals surface area (Å²) in [6, 6.07) is 0.722. The van der Waals surface area contributed by atoms with Crippen LogP contribution >= 0.6 is 0 Å². The van der Waals surface area contributed by atoms with Crippen LogP contribution in [0.5, 0.6) is 0 Å². The van der Waals surface area contributed by atoms with E-state index in [9.17, 15) is 4.79 Å². The third kappa shape index (κ3) is 3.72. The molecule has 150 valence electrons. The molecular formula is C20H34N6O. The number of nitrogens with one attached hydrogen (secondary N) is 1. The Balaban J connectivity index is 1.33. The summed E-state index contributed by atoms with van der Waals surface area (Å²) in [5.41, 5.74) is 2.84. The molecule has 1 aromatic heterocycles. The lowest BCUT2D eigenvalue weighted by molar-refractivity contribution is -0.00971. The van der Waals surface area contributed by atoms with Crippen LogP contribution in [0, 0.1) is 19.8 Å². The minimum absolute atomic E-state index is 0.0193. The highest BCUT2D eigenvalue weighted by Crippen LogP contribution is 2.31. The first-order valence-electron chi connectivity index (χ1n) is 10.6. The zero-order valence-electron chi connectivity index (χ0n) is 17.1. The number of fused-ring (bicyclic) bond motifs is 3. The Morgan fingerprint density at radius 1 is 1.11 bits per heavy atom. The van der Waals surface area contributed by atoms with Crippen molar-refractivity contribution < 1.29 is 4.79 Å². The molecule has 4 saturated heterocycles. The van der Waals surface area contributed by atoms with Gasteiger partial charge in [-0.05, 0) is 52.1 Å². The molecule has 5 rings (SSSR count). The van der Waals surface area contributed by atoms with Gasteiger partial charge in [-0.2, -0.15) is 5.10 Å². The largest absolute Gasteiger partial charge is 0.322 e. The number of amides is 2. The van der Waals surface area contributed by atoms with E-state index in [1.54, 1.807) is 0 Å². The summed E-state index contributed by atoms with van der Waals surface area (Å²) in [6.07, 6.45) is 3.74. The highest BCUT2D eigenvalue weighted by molar-refractivity contribution is 5.90. The van der Waals surface area contributed by atoms with Crippen molar-refractivity contribution in [1.29, 1.82) is 0 Å². The van der Waals surface area contributed by atoms with Crippen molar-refractivity contribution in [1.82, 2.24) is 24.5 Å². The second-order valence-corrected chi connectivity index (χ2v) is 8.43. The standard InChI is InChI=1S/C20H34N6O/c1-4-7-26-16(3)19(15(2)22-26)21-20(27)25-12-10-24(11-13-25)18-14-23-8-5-17(18)6-9-23/h17-18H,4-14H2,1-3H3,(H,21,27)/t18-/m0/s1. The van der Waals surface area contributed by atoms with Crippen molar-refractivity contribution in [3.63, 3.8) is 0 Å². The van der Waals surface area contributed by atoms with Crippen LogP contribution in [-0.4, -0.2) is 82.4 Å². The molecule has 7 nitrogen and oxygen atoms in total. The average molecular weight is 375 g/mol. The van der Waals surface area contributed by atoms with E-state index in [0.717, 1.165) is 62.1 Å². The van der Waals surface area contributed by atoms with E-state index in [1.165, 1.54) is 32.5 Å². The lowest BCUT2D eigenvalue weighted by Gasteiger charge is -2.50. The van der Waals surface area contributed by atoms with E-state index in [4.69, 9.17) is 0 Å². The molecule has 4 aliphatic rings. The fourth-order valence-electron chi connectivity index (χ4n) is 5.10. The molecule has 0 aliphatic carbocycles. The molecule has 4 aliphatic heterocycles. The number of hydrogen-bond donors (Lipinski definition) is 1. The predicted molar refractivity (Wildman–Crippen MR) is 107 cm³/mol. The second kappa shape index (κ2) is 7.80. The number of urea groups is 1. The summed E-state index contributed by atoms with van der Waals surface area (Å²) in [6.45, 7) is 14.5. The van der Waals surface area contributed by atoms with Gasteiger partial charge in [-0.3, -0.25) is 9.58 Å². The van der Waals surface area contributed by atoms with E-state index in [1.807, 2.05) is 23.4 Å². The van der Waals surface area contributed by atoms with Gasteiger partial charge in [0.15, 0.2) is 0 Å². The number of aromatic nitrogens is 2. The molecule has 1 atom stereocenters. The van der Waals surface area contributed by atoms with Crippen molar-refractivity contribution in [3.05, 3.63) is 11.4 Å². The Morgan fingerprint density at radius 2 is 1.81 bits per heavy atom. The van der Waals surface area contributed by atoms with Crippen LogP contribution in [0.25, 0.3) is 0 Å². The molecule has 5 heterocycles. The number of carbonyl (C=O) groups excluding carboxylic acids is 1. The fraction of sp³-hybridized carbons (Fsp3) is 0.800.